The van der Waals surface area contributed by atoms with Gasteiger partial charge in [-0.2, -0.15) is 13.2 Å². The van der Waals surface area contributed by atoms with E-state index in [1.54, 1.807) is 17.2 Å². The summed E-state index contributed by atoms with van der Waals surface area (Å²) in [6.07, 6.45) is 1.12. The molecule has 2 heterocycles. The molecule has 1 aliphatic rings. The van der Waals surface area contributed by atoms with Crippen LogP contribution in [0.5, 0.6) is 0 Å². The number of amides is 1. The second-order valence-electron chi connectivity index (χ2n) is 6.63. The maximum absolute atomic E-state index is 12.8. The Labute approximate surface area is 150 Å². The van der Waals surface area contributed by atoms with E-state index in [0.717, 1.165) is 37.3 Å². The minimum absolute atomic E-state index is 0.0150. The summed E-state index contributed by atoms with van der Waals surface area (Å²) in [5.74, 6) is 1.01. The molecule has 1 saturated heterocycles. The third-order valence-electron chi connectivity index (χ3n) is 4.84. The van der Waals surface area contributed by atoms with Crippen LogP contribution < -0.4 is 0 Å². The topological polar surface area (TPSA) is 38.1 Å². The number of halogens is 3. The van der Waals surface area contributed by atoms with E-state index in [0.29, 0.717) is 18.7 Å². The molecular weight excluding hydrogens is 343 g/mol. The number of hydrogen-bond donors (Lipinski definition) is 0. The number of alkyl halides is 3. The highest BCUT2D eigenvalue weighted by molar-refractivity contribution is 5.79. The molecular formula is C19H22F3N3O. The van der Waals surface area contributed by atoms with Crippen molar-refractivity contribution in [1.29, 1.82) is 0 Å². The lowest BCUT2D eigenvalue weighted by Crippen LogP contribution is -2.40. The van der Waals surface area contributed by atoms with Crippen LogP contribution in [0.3, 0.4) is 0 Å². The minimum atomic E-state index is -4.40. The van der Waals surface area contributed by atoms with Gasteiger partial charge in [0.2, 0.25) is 5.91 Å². The van der Waals surface area contributed by atoms with E-state index in [4.69, 9.17) is 0 Å². The zero-order valence-electron chi connectivity index (χ0n) is 14.7. The molecule has 1 aromatic carbocycles. The third-order valence-corrected chi connectivity index (χ3v) is 4.84. The van der Waals surface area contributed by atoms with Gasteiger partial charge in [0.05, 0.1) is 12.0 Å². The average molecular weight is 365 g/mol. The van der Waals surface area contributed by atoms with E-state index in [-0.39, 0.29) is 18.2 Å². The second kappa shape index (κ2) is 7.51. The molecule has 1 fully saturated rings. The van der Waals surface area contributed by atoms with E-state index in [1.165, 1.54) is 6.07 Å². The number of nitrogens with zero attached hydrogens (tertiary/aromatic N) is 3. The van der Waals surface area contributed by atoms with Crippen molar-refractivity contribution in [2.75, 3.05) is 13.1 Å². The van der Waals surface area contributed by atoms with E-state index >= 15 is 0 Å². The fourth-order valence-corrected chi connectivity index (χ4v) is 3.51. The number of aromatic nitrogens is 2. The van der Waals surface area contributed by atoms with Crippen LogP contribution in [0.25, 0.3) is 0 Å². The van der Waals surface area contributed by atoms with Crippen LogP contribution in [0.2, 0.25) is 0 Å². The summed E-state index contributed by atoms with van der Waals surface area (Å²) in [5, 5.41) is 0. The fraction of sp³-hybridized carbons (Fsp3) is 0.474. The van der Waals surface area contributed by atoms with Crippen molar-refractivity contribution in [1.82, 2.24) is 14.5 Å². The Hall–Kier alpha value is -2.31. The highest BCUT2D eigenvalue weighted by atomic mass is 19.4. The van der Waals surface area contributed by atoms with Gasteiger partial charge in [0.15, 0.2) is 0 Å². The molecule has 0 unspecified atom stereocenters. The van der Waals surface area contributed by atoms with E-state index in [9.17, 15) is 18.0 Å². The van der Waals surface area contributed by atoms with Gasteiger partial charge in [0.1, 0.15) is 5.82 Å². The molecule has 3 rings (SSSR count). The Kier molecular flexibility index (Phi) is 5.34. The second-order valence-corrected chi connectivity index (χ2v) is 6.63. The van der Waals surface area contributed by atoms with Gasteiger partial charge >= 0.3 is 6.18 Å². The summed E-state index contributed by atoms with van der Waals surface area (Å²) < 4.78 is 40.6. The quantitative estimate of drug-likeness (QED) is 0.825. The zero-order chi connectivity index (χ0) is 18.7. The molecule has 0 aliphatic carbocycles. The van der Waals surface area contributed by atoms with E-state index in [1.807, 2.05) is 13.1 Å². The van der Waals surface area contributed by atoms with Crippen LogP contribution in [0.4, 0.5) is 13.2 Å². The number of hydrogen-bond acceptors (Lipinski definition) is 2. The minimum Gasteiger partial charge on any atom is -0.342 e. The number of benzene rings is 1. The van der Waals surface area contributed by atoms with Crippen molar-refractivity contribution in [3.05, 3.63) is 53.6 Å². The fourth-order valence-electron chi connectivity index (χ4n) is 3.51. The Balaban J connectivity index is 1.68. The predicted molar refractivity (Wildman–Crippen MR) is 91.6 cm³/mol. The molecule has 140 valence electrons. The lowest BCUT2D eigenvalue weighted by atomic mass is 9.96. The van der Waals surface area contributed by atoms with Gasteiger partial charge in [-0.25, -0.2) is 4.98 Å². The molecule has 2 aromatic rings. The molecule has 0 N–H and O–H groups in total. The van der Waals surface area contributed by atoms with Crippen LogP contribution in [0.15, 0.2) is 36.7 Å². The molecule has 0 spiro atoms. The van der Waals surface area contributed by atoms with Gasteiger partial charge in [0.25, 0.3) is 0 Å². The van der Waals surface area contributed by atoms with Crippen molar-refractivity contribution < 1.29 is 18.0 Å². The summed E-state index contributed by atoms with van der Waals surface area (Å²) in [6, 6.07) is 5.00. The summed E-state index contributed by atoms with van der Waals surface area (Å²) in [4.78, 5) is 18.8. The first kappa shape index (κ1) is 18.5. The normalized spacial score (nSPS) is 18.2. The van der Waals surface area contributed by atoms with Gasteiger partial charge in [-0.05, 0) is 31.4 Å². The molecule has 0 saturated carbocycles. The first-order valence-electron chi connectivity index (χ1n) is 8.83. The van der Waals surface area contributed by atoms with Crippen LogP contribution in [-0.2, 0) is 23.9 Å². The number of piperidine rings is 1. The van der Waals surface area contributed by atoms with Crippen LogP contribution in [-0.4, -0.2) is 33.4 Å². The lowest BCUT2D eigenvalue weighted by Gasteiger charge is -2.32. The number of imidazole rings is 1. The van der Waals surface area contributed by atoms with Gasteiger partial charge in [-0.15, -0.1) is 0 Å². The van der Waals surface area contributed by atoms with E-state index < -0.39 is 11.7 Å². The largest absolute Gasteiger partial charge is 0.416 e. The van der Waals surface area contributed by atoms with Crippen LogP contribution in [0, 0.1) is 0 Å². The van der Waals surface area contributed by atoms with Gasteiger partial charge in [0, 0.05) is 37.9 Å². The maximum Gasteiger partial charge on any atom is 0.416 e. The predicted octanol–water partition coefficient (Wildman–Crippen LogP) is 3.87. The molecule has 1 aliphatic heterocycles. The third kappa shape index (κ3) is 4.08. The maximum atomic E-state index is 12.8. The molecule has 1 atom stereocenters. The lowest BCUT2D eigenvalue weighted by molar-refractivity contribution is -0.138. The first-order valence-corrected chi connectivity index (χ1v) is 8.83. The SMILES string of the molecule is CCn1ccnc1[C@@H]1CCCN(C(=O)Cc2cccc(C(F)(F)F)c2)C1. The van der Waals surface area contributed by atoms with E-state index in [2.05, 4.69) is 9.55 Å². The Morgan fingerprint density at radius 3 is 2.88 bits per heavy atom. The van der Waals surface area contributed by atoms with Crippen molar-refractivity contribution in [2.45, 2.75) is 44.8 Å². The number of rotatable bonds is 4. The number of carbonyl (C=O) groups is 1. The molecule has 26 heavy (non-hydrogen) atoms. The Morgan fingerprint density at radius 2 is 2.15 bits per heavy atom. The number of likely N-dealkylation sites (tertiary alicyclic amines) is 1. The standard InChI is InChI=1S/C19H22F3N3O/c1-2-24-10-8-23-18(24)15-6-4-9-25(13-15)17(26)12-14-5-3-7-16(11-14)19(20,21)22/h3,5,7-8,10-11,15H,2,4,6,9,12-13H2,1H3/t15-/m1/s1. The van der Waals surface area contributed by atoms with Gasteiger partial charge in [-0.3, -0.25) is 4.79 Å². The first-order chi connectivity index (χ1) is 12.4. The van der Waals surface area contributed by atoms with Crippen LogP contribution >= 0.6 is 0 Å². The smallest absolute Gasteiger partial charge is 0.342 e. The Morgan fingerprint density at radius 1 is 1.35 bits per heavy atom. The molecule has 0 radical (unpaired) electrons. The molecule has 4 nitrogen and oxygen atoms in total. The zero-order valence-corrected chi connectivity index (χ0v) is 14.7. The Bertz CT molecular complexity index is 769. The summed E-state index contributed by atoms with van der Waals surface area (Å²) in [7, 11) is 0. The highest BCUT2D eigenvalue weighted by Crippen LogP contribution is 2.30. The van der Waals surface area contributed by atoms with Crippen molar-refractivity contribution in [3.63, 3.8) is 0 Å². The molecule has 7 heteroatoms. The monoisotopic (exact) mass is 365 g/mol. The highest BCUT2D eigenvalue weighted by Gasteiger charge is 2.31. The molecule has 1 amide bonds. The summed E-state index contributed by atoms with van der Waals surface area (Å²) in [6.45, 7) is 4.07. The number of aryl methyl sites for hydroxylation is 1. The molecule has 0 bridgehead atoms. The van der Waals surface area contributed by atoms with Gasteiger partial charge in [-0.1, -0.05) is 18.2 Å². The van der Waals surface area contributed by atoms with Gasteiger partial charge < -0.3 is 9.47 Å². The van der Waals surface area contributed by atoms with Crippen molar-refractivity contribution in [2.24, 2.45) is 0 Å². The van der Waals surface area contributed by atoms with Crippen LogP contribution in [0.1, 0.15) is 42.6 Å². The average Bonchev–Trinajstić information content (AvgIpc) is 3.10. The van der Waals surface area contributed by atoms with Crippen molar-refractivity contribution >= 4 is 5.91 Å². The summed E-state index contributed by atoms with van der Waals surface area (Å²) in [5.41, 5.74) is -0.327. The molecule has 1 aromatic heterocycles. The van der Waals surface area contributed by atoms with Crippen molar-refractivity contribution in [3.8, 4) is 0 Å². The number of carbonyl (C=O) groups excluding carboxylic acids is 1. The summed E-state index contributed by atoms with van der Waals surface area (Å²) >= 11 is 0.